The maximum absolute atomic E-state index is 5.41. The van der Waals surface area contributed by atoms with Crippen LogP contribution in [-0.2, 0) is 13.0 Å². The second-order valence-electron chi connectivity index (χ2n) is 6.20. The molecule has 0 radical (unpaired) electrons. The Morgan fingerprint density at radius 2 is 2.12 bits per heavy atom. The van der Waals surface area contributed by atoms with Crippen molar-refractivity contribution in [3.8, 4) is 12.3 Å². The molecule has 0 saturated carbocycles. The SMILES string of the molecule is C#Cc1ccc2c(n1)CC(=Nc1cc(CN3CCCC3)ccn1)N2. The number of nitrogens with one attached hydrogen (secondary N) is 1. The Hall–Kier alpha value is -2.71. The van der Waals surface area contributed by atoms with Gasteiger partial charge in [-0.25, -0.2) is 15.0 Å². The van der Waals surface area contributed by atoms with E-state index in [1.807, 2.05) is 18.3 Å². The molecule has 0 unspecified atom stereocenters. The first-order chi connectivity index (χ1) is 11.8. The molecule has 1 saturated heterocycles. The summed E-state index contributed by atoms with van der Waals surface area (Å²) in [6, 6.07) is 7.93. The lowest BCUT2D eigenvalue weighted by atomic mass is 10.2. The molecule has 2 aromatic heterocycles. The highest BCUT2D eigenvalue weighted by Crippen LogP contribution is 2.23. The van der Waals surface area contributed by atoms with Crippen LogP contribution in [0.3, 0.4) is 0 Å². The average molecular weight is 317 g/mol. The normalized spacial score (nSPS) is 18.4. The molecule has 4 heterocycles. The largest absolute Gasteiger partial charge is 0.342 e. The minimum absolute atomic E-state index is 0.655. The van der Waals surface area contributed by atoms with E-state index in [1.54, 1.807) is 0 Å². The average Bonchev–Trinajstić information content (AvgIpc) is 3.23. The van der Waals surface area contributed by atoms with Crippen molar-refractivity contribution >= 4 is 17.3 Å². The molecule has 1 fully saturated rings. The molecule has 5 heteroatoms. The lowest BCUT2D eigenvalue weighted by Gasteiger charge is -2.14. The molecule has 5 nitrogen and oxygen atoms in total. The number of aliphatic imine (C=N–C) groups is 1. The maximum atomic E-state index is 5.41. The van der Waals surface area contributed by atoms with E-state index in [9.17, 15) is 0 Å². The van der Waals surface area contributed by atoms with Gasteiger partial charge in [-0.05, 0) is 55.8 Å². The molecule has 0 bridgehead atoms. The summed E-state index contributed by atoms with van der Waals surface area (Å²) < 4.78 is 0. The smallest absolute Gasteiger partial charge is 0.154 e. The highest BCUT2D eigenvalue weighted by atomic mass is 15.1. The molecule has 0 aliphatic carbocycles. The van der Waals surface area contributed by atoms with Gasteiger partial charge in [-0.15, -0.1) is 6.42 Å². The number of amidine groups is 1. The number of anilines is 1. The summed E-state index contributed by atoms with van der Waals surface area (Å²) in [5, 5.41) is 3.30. The van der Waals surface area contributed by atoms with Crippen molar-refractivity contribution in [3.05, 3.63) is 47.4 Å². The number of fused-ring (bicyclic) bond motifs is 1. The van der Waals surface area contributed by atoms with Crippen LogP contribution in [-0.4, -0.2) is 33.8 Å². The number of hydrogen-bond acceptors (Lipinski definition) is 4. The molecule has 4 rings (SSSR count). The van der Waals surface area contributed by atoms with E-state index in [2.05, 4.69) is 43.2 Å². The van der Waals surface area contributed by atoms with Crippen molar-refractivity contribution in [1.29, 1.82) is 0 Å². The number of aromatic nitrogens is 2. The molecule has 120 valence electrons. The third-order valence-electron chi connectivity index (χ3n) is 4.40. The van der Waals surface area contributed by atoms with Gasteiger partial charge < -0.3 is 5.32 Å². The van der Waals surface area contributed by atoms with Gasteiger partial charge in [0.2, 0.25) is 0 Å². The van der Waals surface area contributed by atoms with Crippen LogP contribution < -0.4 is 5.32 Å². The number of terminal acetylenes is 1. The highest BCUT2D eigenvalue weighted by Gasteiger charge is 2.18. The monoisotopic (exact) mass is 317 g/mol. The number of likely N-dealkylation sites (tertiary alicyclic amines) is 1. The molecule has 0 amide bonds. The maximum Gasteiger partial charge on any atom is 0.154 e. The van der Waals surface area contributed by atoms with Gasteiger partial charge in [-0.3, -0.25) is 4.90 Å². The second-order valence-corrected chi connectivity index (χ2v) is 6.20. The summed E-state index contributed by atoms with van der Waals surface area (Å²) in [6.45, 7) is 3.35. The van der Waals surface area contributed by atoms with Crippen molar-refractivity contribution in [1.82, 2.24) is 14.9 Å². The van der Waals surface area contributed by atoms with Crippen molar-refractivity contribution in [3.63, 3.8) is 0 Å². The van der Waals surface area contributed by atoms with Gasteiger partial charge in [0.05, 0.1) is 17.8 Å². The van der Waals surface area contributed by atoms with Crippen LogP contribution >= 0.6 is 0 Å². The van der Waals surface area contributed by atoms with Gasteiger partial charge in [0.25, 0.3) is 0 Å². The minimum Gasteiger partial charge on any atom is -0.342 e. The van der Waals surface area contributed by atoms with Crippen molar-refractivity contribution in [2.45, 2.75) is 25.8 Å². The van der Waals surface area contributed by atoms with Crippen LogP contribution in [0.15, 0.2) is 35.5 Å². The Balaban J connectivity index is 1.51. The van der Waals surface area contributed by atoms with Crippen molar-refractivity contribution < 1.29 is 0 Å². The van der Waals surface area contributed by atoms with Gasteiger partial charge >= 0.3 is 0 Å². The number of nitrogens with zero attached hydrogens (tertiary/aromatic N) is 4. The van der Waals surface area contributed by atoms with Crippen LogP contribution in [0, 0.1) is 12.3 Å². The number of pyridine rings is 2. The number of rotatable bonds is 3. The Morgan fingerprint density at radius 3 is 2.96 bits per heavy atom. The van der Waals surface area contributed by atoms with E-state index >= 15 is 0 Å². The molecular weight excluding hydrogens is 298 g/mol. The molecule has 0 spiro atoms. The summed E-state index contributed by atoms with van der Waals surface area (Å²) in [5.74, 6) is 4.16. The first-order valence-corrected chi connectivity index (χ1v) is 8.28. The standard InChI is InChI=1S/C19H19N5/c1-2-15-5-6-16-17(21-15)12-19(22-16)23-18-11-14(7-8-20-18)13-24-9-3-4-10-24/h1,5-8,11H,3-4,9-10,12-13H2,(H,20,22,23). The summed E-state index contributed by atoms with van der Waals surface area (Å²) in [4.78, 5) is 15.9. The zero-order chi connectivity index (χ0) is 16.4. The van der Waals surface area contributed by atoms with E-state index in [0.717, 1.165) is 29.6 Å². The quantitative estimate of drug-likeness (QED) is 0.885. The zero-order valence-electron chi connectivity index (χ0n) is 13.5. The van der Waals surface area contributed by atoms with Crippen molar-refractivity contribution in [2.75, 3.05) is 18.4 Å². The number of hydrogen-bond donors (Lipinski definition) is 1. The van der Waals surface area contributed by atoms with E-state index in [1.165, 1.54) is 31.5 Å². The predicted molar refractivity (Wildman–Crippen MR) is 95.3 cm³/mol. The zero-order valence-corrected chi connectivity index (χ0v) is 13.5. The molecular formula is C19H19N5. The molecule has 2 aliphatic heterocycles. The minimum atomic E-state index is 0.655. The molecule has 2 aromatic rings. The third-order valence-corrected chi connectivity index (χ3v) is 4.40. The van der Waals surface area contributed by atoms with E-state index in [0.29, 0.717) is 12.1 Å². The van der Waals surface area contributed by atoms with E-state index in [-0.39, 0.29) is 0 Å². The van der Waals surface area contributed by atoms with Crippen LogP contribution in [0.5, 0.6) is 0 Å². The summed E-state index contributed by atoms with van der Waals surface area (Å²) >= 11 is 0. The van der Waals surface area contributed by atoms with Gasteiger partial charge in [0, 0.05) is 12.7 Å². The molecule has 0 aromatic carbocycles. The van der Waals surface area contributed by atoms with E-state index < -0.39 is 0 Å². The fourth-order valence-corrected chi connectivity index (χ4v) is 3.21. The topological polar surface area (TPSA) is 53.4 Å². The van der Waals surface area contributed by atoms with E-state index in [4.69, 9.17) is 6.42 Å². The fraction of sp³-hybridized carbons (Fsp3) is 0.316. The van der Waals surface area contributed by atoms with Gasteiger partial charge in [0.1, 0.15) is 11.5 Å². The van der Waals surface area contributed by atoms with Crippen LogP contribution in [0.25, 0.3) is 0 Å². The van der Waals surface area contributed by atoms with Crippen molar-refractivity contribution in [2.24, 2.45) is 4.99 Å². The van der Waals surface area contributed by atoms with Crippen LogP contribution in [0.4, 0.5) is 11.5 Å². The Morgan fingerprint density at radius 1 is 1.25 bits per heavy atom. The van der Waals surface area contributed by atoms with Crippen LogP contribution in [0.2, 0.25) is 0 Å². The fourth-order valence-electron chi connectivity index (χ4n) is 3.21. The van der Waals surface area contributed by atoms with Gasteiger partial charge in [-0.2, -0.15) is 0 Å². The van der Waals surface area contributed by atoms with Gasteiger partial charge in [-0.1, -0.05) is 5.92 Å². The Kier molecular flexibility index (Phi) is 3.97. The van der Waals surface area contributed by atoms with Crippen LogP contribution in [0.1, 0.15) is 29.8 Å². The summed E-state index contributed by atoms with van der Waals surface area (Å²) in [5.41, 5.74) is 3.83. The third kappa shape index (κ3) is 3.15. The summed E-state index contributed by atoms with van der Waals surface area (Å²) in [7, 11) is 0. The lowest BCUT2D eigenvalue weighted by molar-refractivity contribution is 0.331. The molecule has 2 aliphatic rings. The molecule has 24 heavy (non-hydrogen) atoms. The van der Waals surface area contributed by atoms with Gasteiger partial charge in [0.15, 0.2) is 5.82 Å². The Bertz CT molecular complexity index is 828. The molecule has 0 atom stereocenters. The Labute approximate surface area is 141 Å². The lowest BCUT2D eigenvalue weighted by Crippen LogP contribution is -2.18. The summed E-state index contributed by atoms with van der Waals surface area (Å²) in [6.07, 6.45) is 10.5. The first-order valence-electron chi connectivity index (χ1n) is 8.28. The second kappa shape index (κ2) is 6.42. The highest BCUT2D eigenvalue weighted by molar-refractivity contribution is 6.03. The first kappa shape index (κ1) is 14.9. The predicted octanol–water partition coefficient (Wildman–Crippen LogP) is 2.75. The molecule has 1 N–H and O–H groups in total.